The van der Waals surface area contributed by atoms with E-state index in [4.69, 9.17) is 11.6 Å². The van der Waals surface area contributed by atoms with Gasteiger partial charge in [-0.2, -0.15) is 0 Å². The Morgan fingerprint density at radius 3 is 2.37 bits per heavy atom. The normalized spacial score (nSPS) is 17.1. The maximum absolute atomic E-state index is 13.2. The van der Waals surface area contributed by atoms with Crippen molar-refractivity contribution in [2.24, 2.45) is 5.41 Å². The van der Waals surface area contributed by atoms with E-state index in [-0.39, 0.29) is 28.6 Å². The summed E-state index contributed by atoms with van der Waals surface area (Å²) in [5.41, 5.74) is 0.559. The summed E-state index contributed by atoms with van der Waals surface area (Å²) < 4.78 is 0. The Morgan fingerprint density at radius 2 is 1.87 bits per heavy atom. The van der Waals surface area contributed by atoms with Crippen LogP contribution < -0.4 is 10.2 Å². The minimum atomic E-state index is -0.593. The quantitative estimate of drug-likeness (QED) is 0.722. The Balaban J connectivity index is 1.90. The number of halogens is 1. The molecule has 1 aromatic heterocycles. The van der Waals surface area contributed by atoms with Crippen LogP contribution in [0.15, 0.2) is 42.6 Å². The third-order valence-electron chi connectivity index (χ3n) is 4.87. The molecule has 2 heterocycles. The van der Waals surface area contributed by atoms with Crippen LogP contribution in [-0.2, 0) is 4.79 Å². The number of hydrogen-bond donors (Lipinski definition) is 1. The Hall–Kier alpha value is -2.93. The number of imide groups is 1. The Labute approximate surface area is 181 Å². The zero-order chi connectivity index (χ0) is 22.2. The van der Waals surface area contributed by atoms with Crippen LogP contribution in [0, 0.1) is 5.41 Å². The molecule has 158 valence electrons. The molecule has 0 radical (unpaired) electrons. The summed E-state index contributed by atoms with van der Waals surface area (Å²) in [6.07, 6.45) is 1.53. The second kappa shape index (κ2) is 8.07. The van der Waals surface area contributed by atoms with Gasteiger partial charge in [0, 0.05) is 17.9 Å². The lowest BCUT2D eigenvalue weighted by molar-refractivity contribution is -0.122. The molecule has 1 aliphatic rings. The number of urea groups is 1. The van der Waals surface area contributed by atoms with E-state index in [0.717, 1.165) is 4.90 Å². The molecule has 0 unspecified atom stereocenters. The van der Waals surface area contributed by atoms with Crippen molar-refractivity contribution < 1.29 is 14.4 Å². The largest absolute Gasteiger partial charge is 0.332 e. The highest BCUT2D eigenvalue weighted by Gasteiger charge is 2.52. The minimum absolute atomic E-state index is 0.147. The molecule has 30 heavy (non-hydrogen) atoms. The number of pyridine rings is 1. The number of benzene rings is 1. The van der Waals surface area contributed by atoms with Gasteiger partial charge in [0.15, 0.2) is 0 Å². The standard InChI is InChI=1S/C22H25ClN4O3/c1-13(2)26-18(22(3,4)5)20(29)27(21(26)30)17-10-9-14(12-15(17)23)25-19(28)16-8-6-7-11-24-16/h6-13,18H,1-5H3,(H,25,28)/t18-/m1/s1. The van der Waals surface area contributed by atoms with Gasteiger partial charge in [-0.1, -0.05) is 38.4 Å². The molecule has 1 aromatic carbocycles. The van der Waals surface area contributed by atoms with E-state index < -0.39 is 17.5 Å². The molecule has 0 spiro atoms. The molecule has 1 fully saturated rings. The maximum Gasteiger partial charge on any atom is 0.332 e. The van der Waals surface area contributed by atoms with Crippen LogP contribution in [0.4, 0.5) is 16.2 Å². The van der Waals surface area contributed by atoms with E-state index in [1.165, 1.54) is 12.3 Å². The summed E-state index contributed by atoms with van der Waals surface area (Å²) in [7, 11) is 0. The first kappa shape index (κ1) is 21.8. The van der Waals surface area contributed by atoms with E-state index in [2.05, 4.69) is 10.3 Å². The van der Waals surface area contributed by atoms with Crippen molar-refractivity contribution >= 4 is 40.8 Å². The number of nitrogens with one attached hydrogen (secondary N) is 1. The van der Waals surface area contributed by atoms with Crippen molar-refractivity contribution in [2.75, 3.05) is 10.2 Å². The van der Waals surface area contributed by atoms with E-state index in [1.54, 1.807) is 35.2 Å². The highest BCUT2D eigenvalue weighted by atomic mass is 35.5. The molecule has 2 aromatic rings. The highest BCUT2D eigenvalue weighted by Crippen LogP contribution is 2.39. The average Bonchev–Trinajstić information content (AvgIpc) is 2.94. The molecule has 4 amide bonds. The molecule has 0 aliphatic carbocycles. The second-order valence-corrected chi connectivity index (χ2v) is 8.97. The van der Waals surface area contributed by atoms with Gasteiger partial charge in [0.25, 0.3) is 11.8 Å². The topological polar surface area (TPSA) is 82.6 Å². The third kappa shape index (κ3) is 4.03. The van der Waals surface area contributed by atoms with Crippen molar-refractivity contribution in [1.82, 2.24) is 9.88 Å². The first-order chi connectivity index (χ1) is 14.0. The van der Waals surface area contributed by atoms with Crippen molar-refractivity contribution in [3.8, 4) is 0 Å². The lowest BCUT2D eigenvalue weighted by atomic mass is 9.85. The van der Waals surface area contributed by atoms with Crippen molar-refractivity contribution in [1.29, 1.82) is 0 Å². The summed E-state index contributed by atoms with van der Waals surface area (Å²) in [6, 6.07) is 8.58. The van der Waals surface area contributed by atoms with Gasteiger partial charge in [0.2, 0.25) is 0 Å². The molecule has 1 aliphatic heterocycles. The summed E-state index contributed by atoms with van der Waals surface area (Å²) in [5.74, 6) is -0.695. The van der Waals surface area contributed by atoms with Crippen LogP contribution in [0.5, 0.6) is 0 Å². The Kier molecular flexibility index (Phi) is 5.85. The molecule has 0 saturated carbocycles. The first-order valence-corrected chi connectivity index (χ1v) is 10.1. The SMILES string of the molecule is CC(C)N1C(=O)N(c2ccc(NC(=O)c3ccccn3)cc2Cl)C(=O)[C@@H]1C(C)(C)C. The third-order valence-corrected chi connectivity index (χ3v) is 5.17. The predicted molar refractivity (Wildman–Crippen MR) is 117 cm³/mol. The number of amides is 4. The number of carbonyl (C=O) groups is 3. The van der Waals surface area contributed by atoms with Gasteiger partial charge in [-0.3, -0.25) is 14.6 Å². The predicted octanol–water partition coefficient (Wildman–Crippen LogP) is 4.58. The first-order valence-electron chi connectivity index (χ1n) is 9.70. The maximum atomic E-state index is 13.2. The van der Waals surface area contributed by atoms with Crippen LogP contribution in [-0.4, -0.2) is 39.8 Å². The van der Waals surface area contributed by atoms with Crippen LogP contribution in [0.1, 0.15) is 45.1 Å². The highest BCUT2D eigenvalue weighted by molar-refractivity contribution is 6.36. The smallest absolute Gasteiger partial charge is 0.321 e. The number of rotatable bonds is 4. The summed E-state index contributed by atoms with van der Waals surface area (Å²) in [4.78, 5) is 45.3. The summed E-state index contributed by atoms with van der Waals surface area (Å²) in [5, 5.41) is 2.90. The Bertz CT molecular complexity index is 986. The number of aromatic nitrogens is 1. The van der Waals surface area contributed by atoms with Crippen molar-refractivity contribution in [3.63, 3.8) is 0 Å². The number of carbonyl (C=O) groups excluding carboxylic acids is 3. The molecular formula is C22H25ClN4O3. The zero-order valence-corrected chi connectivity index (χ0v) is 18.4. The molecule has 7 nitrogen and oxygen atoms in total. The fraction of sp³-hybridized carbons (Fsp3) is 0.364. The number of hydrogen-bond acceptors (Lipinski definition) is 4. The second-order valence-electron chi connectivity index (χ2n) is 8.56. The van der Waals surface area contributed by atoms with Gasteiger partial charge in [0.1, 0.15) is 11.7 Å². The van der Waals surface area contributed by atoms with Gasteiger partial charge in [-0.25, -0.2) is 9.69 Å². The molecule has 8 heteroatoms. The molecule has 1 atom stereocenters. The van der Waals surface area contributed by atoms with E-state index in [9.17, 15) is 14.4 Å². The van der Waals surface area contributed by atoms with Crippen molar-refractivity contribution in [3.05, 3.63) is 53.3 Å². The number of nitrogens with zero attached hydrogens (tertiary/aromatic N) is 3. The molecular weight excluding hydrogens is 404 g/mol. The molecule has 0 bridgehead atoms. The van der Waals surface area contributed by atoms with Gasteiger partial charge >= 0.3 is 6.03 Å². The van der Waals surface area contributed by atoms with E-state index >= 15 is 0 Å². The van der Waals surface area contributed by atoms with Crippen LogP contribution in [0.25, 0.3) is 0 Å². The van der Waals surface area contributed by atoms with Crippen LogP contribution in [0.2, 0.25) is 5.02 Å². The molecule has 3 rings (SSSR count). The molecule has 1 N–H and O–H groups in total. The number of anilines is 2. The lowest BCUT2D eigenvalue weighted by Crippen LogP contribution is -2.47. The van der Waals surface area contributed by atoms with Crippen molar-refractivity contribution in [2.45, 2.75) is 46.7 Å². The van der Waals surface area contributed by atoms with Gasteiger partial charge in [-0.15, -0.1) is 0 Å². The fourth-order valence-corrected chi connectivity index (χ4v) is 3.81. The fourth-order valence-electron chi connectivity index (χ4n) is 3.55. The minimum Gasteiger partial charge on any atom is -0.321 e. The molecule has 1 saturated heterocycles. The zero-order valence-electron chi connectivity index (χ0n) is 17.6. The summed E-state index contributed by atoms with van der Waals surface area (Å²) in [6.45, 7) is 9.55. The lowest BCUT2D eigenvalue weighted by Gasteiger charge is -2.34. The van der Waals surface area contributed by atoms with Gasteiger partial charge in [-0.05, 0) is 49.6 Å². The van der Waals surface area contributed by atoms with Crippen LogP contribution >= 0.6 is 11.6 Å². The average molecular weight is 429 g/mol. The van der Waals surface area contributed by atoms with E-state index in [0.29, 0.717) is 11.4 Å². The van der Waals surface area contributed by atoms with Crippen LogP contribution in [0.3, 0.4) is 0 Å². The van der Waals surface area contributed by atoms with Gasteiger partial charge < -0.3 is 10.2 Å². The Morgan fingerprint density at radius 1 is 1.17 bits per heavy atom. The van der Waals surface area contributed by atoms with E-state index in [1.807, 2.05) is 34.6 Å². The summed E-state index contributed by atoms with van der Waals surface area (Å²) >= 11 is 6.43. The van der Waals surface area contributed by atoms with Gasteiger partial charge in [0.05, 0.1) is 10.7 Å². The monoisotopic (exact) mass is 428 g/mol.